The van der Waals surface area contributed by atoms with Crippen LogP contribution in [0.4, 0.5) is 8.78 Å². The molecule has 1 aromatic rings. The molecule has 1 aliphatic carbocycles. The predicted octanol–water partition coefficient (Wildman–Crippen LogP) is 2.22. The topological polar surface area (TPSA) is 55.5 Å². The monoisotopic (exact) mass is 271 g/mol. The smallest absolute Gasteiger partial charge is 0.200 e. The Morgan fingerprint density at radius 3 is 2.95 bits per heavy atom. The molecular weight excluding hydrogens is 252 g/mol. The molecule has 3 nitrogen and oxygen atoms in total. The number of benzene rings is 1. The second-order valence-electron chi connectivity index (χ2n) is 5.17. The second-order valence-corrected chi connectivity index (χ2v) is 5.17. The van der Waals surface area contributed by atoms with Crippen molar-refractivity contribution in [2.45, 2.75) is 31.2 Å². The first-order chi connectivity index (χ1) is 9.07. The lowest BCUT2D eigenvalue weighted by atomic mass is 9.87. The molecule has 5 heteroatoms. The molecule has 1 fully saturated rings. The molecule has 1 aromatic carbocycles. The van der Waals surface area contributed by atoms with Crippen molar-refractivity contribution in [3.63, 3.8) is 0 Å². The number of rotatable bonds is 5. The van der Waals surface area contributed by atoms with Crippen molar-refractivity contribution in [2.24, 2.45) is 11.7 Å². The number of hydrogen-bond donors (Lipinski definition) is 2. The summed E-state index contributed by atoms with van der Waals surface area (Å²) >= 11 is 0. The van der Waals surface area contributed by atoms with Crippen molar-refractivity contribution >= 4 is 0 Å². The zero-order valence-corrected chi connectivity index (χ0v) is 10.7. The summed E-state index contributed by atoms with van der Waals surface area (Å²) in [6, 6.07) is 3.86. The van der Waals surface area contributed by atoms with Crippen LogP contribution in [-0.2, 0) is 0 Å². The Kier molecular flexibility index (Phi) is 4.37. The van der Waals surface area contributed by atoms with Crippen LogP contribution in [0.3, 0.4) is 0 Å². The van der Waals surface area contributed by atoms with Crippen LogP contribution in [0, 0.1) is 17.6 Å². The van der Waals surface area contributed by atoms with Gasteiger partial charge in [0.2, 0.25) is 5.82 Å². The molecule has 2 unspecified atom stereocenters. The molecule has 2 atom stereocenters. The molecule has 0 bridgehead atoms. The third kappa shape index (κ3) is 3.04. The van der Waals surface area contributed by atoms with E-state index in [4.69, 9.17) is 10.5 Å². The molecule has 0 spiro atoms. The van der Waals surface area contributed by atoms with Gasteiger partial charge in [-0.1, -0.05) is 12.5 Å². The number of aliphatic hydroxyl groups excluding tert-OH is 1. The van der Waals surface area contributed by atoms with Crippen molar-refractivity contribution in [2.75, 3.05) is 13.2 Å². The van der Waals surface area contributed by atoms with E-state index in [2.05, 4.69) is 0 Å². The standard InChI is InChI=1S/C14H19F2NO2/c15-11-4-1-5-12(13(11)16)19-8-6-10-3-2-7-14(10,17)9-18/h1,4-5,10,18H,2-3,6-9,17H2. The van der Waals surface area contributed by atoms with Crippen LogP contribution in [0.1, 0.15) is 25.7 Å². The van der Waals surface area contributed by atoms with Crippen LogP contribution in [0.2, 0.25) is 0 Å². The van der Waals surface area contributed by atoms with Crippen molar-refractivity contribution in [1.29, 1.82) is 0 Å². The Morgan fingerprint density at radius 1 is 1.42 bits per heavy atom. The highest BCUT2D eigenvalue weighted by Crippen LogP contribution is 2.35. The highest BCUT2D eigenvalue weighted by molar-refractivity contribution is 5.24. The molecule has 2 rings (SSSR count). The van der Waals surface area contributed by atoms with Crippen molar-refractivity contribution in [3.05, 3.63) is 29.8 Å². The zero-order valence-electron chi connectivity index (χ0n) is 10.7. The lowest BCUT2D eigenvalue weighted by molar-refractivity contribution is 0.142. The molecule has 0 amide bonds. The number of aliphatic hydroxyl groups is 1. The first-order valence-electron chi connectivity index (χ1n) is 6.53. The van der Waals surface area contributed by atoms with Gasteiger partial charge < -0.3 is 15.6 Å². The van der Waals surface area contributed by atoms with Crippen LogP contribution < -0.4 is 10.5 Å². The van der Waals surface area contributed by atoms with E-state index in [1.807, 2.05) is 0 Å². The van der Waals surface area contributed by atoms with E-state index in [0.717, 1.165) is 25.3 Å². The average molecular weight is 271 g/mol. The first-order valence-corrected chi connectivity index (χ1v) is 6.53. The molecular formula is C14H19F2NO2. The van der Waals surface area contributed by atoms with Crippen LogP contribution in [0.15, 0.2) is 18.2 Å². The Labute approximate surface area is 111 Å². The van der Waals surface area contributed by atoms with Crippen molar-refractivity contribution < 1.29 is 18.6 Å². The highest BCUT2D eigenvalue weighted by atomic mass is 19.2. The molecule has 19 heavy (non-hydrogen) atoms. The SMILES string of the molecule is NC1(CO)CCCC1CCOc1cccc(F)c1F. The summed E-state index contributed by atoms with van der Waals surface area (Å²) < 4.78 is 31.6. The molecule has 3 N–H and O–H groups in total. The normalized spacial score (nSPS) is 26.6. The maximum atomic E-state index is 13.4. The van der Waals surface area contributed by atoms with Crippen molar-refractivity contribution in [1.82, 2.24) is 0 Å². The molecule has 0 aliphatic heterocycles. The van der Waals surface area contributed by atoms with Crippen LogP contribution in [0.5, 0.6) is 5.75 Å². The third-order valence-corrected chi connectivity index (χ3v) is 3.94. The maximum absolute atomic E-state index is 13.4. The average Bonchev–Trinajstić information content (AvgIpc) is 2.77. The van der Waals surface area contributed by atoms with Gasteiger partial charge in [0, 0.05) is 5.54 Å². The van der Waals surface area contributed by atoms with Gasteiger partial charge in [-0.3, -0.25) is 0 Å². The fourth-order valence-corrected chi connectivity index (χ4v) is 2.72. The molecule has 0 radical (unpaired) electrons. The van der Waals surface area contributed by atoms with E-state index in [1.54, 1.807) is 0 Å². The predicted molar refractivity (Wildman–Crippen MR) is 67.8 cm³/mol. The number of halogens is 2. The molecule has 0 heterocycles. The summed E-state index contributed by atoms with van der Waals surface area (Å²) in [6.07, 6.45) is 3.34. The van der Waals surface area contributed by atoms with Gasteiger partial charge in [-0.15, -0.1) is 0 Å². The molecule has 1 aliphatic rings. The second kappa shape index (κ2) is 5.84. The molecule has 106 valence electrons. The van der Waals surface area contributed by atoms with E-state index >= 15 is 0 Å². The molecule has 0 saturated heterocycles. The van der Waals surface area contributed by atoms with E-state index in [-0.39, 0.29) is 24.9 Å². The van der Waals surface area contributed by atoms with Gasteiger partial charge in [-0.2, -0.15) is 4.39 Å². The lowest BCUT2D eigenvalue weighted by Crippen LogP contribution is -2.47. The van der Waals surface area contributed by atoms with Gasteiger partial charge in [0.1, 0.15) is 0 Å². The van der Waals surface area contributed by atoms with Crippen LogP contribution >= 0.6 is 0 Å². The summed E-state index contributed by atoms with van der Waals surface area (Å²) in [7, 11) is 0. The fourth-order valence-electron chi connectivity index (χ4n) is 2.72. The summed E-state index contributed by atoms with van der Waals surface area (Å²) in [5.74, 6) is -1.80. The minimum absolute atomic E-state index is 0.0496. The largest absolute Gasteiger partial charge is 0.490 e. The quantitative estimate of drug-likeness (QED) is 0.863. The van der Waals surface area contributed by atoms with Crippen LogP contribution in [-0.4, -0.2) is 23.9 Å². The zero-order chi connectivity index (χ0) is 13.9. The van der Waals surface area contributed by atoms with E-state index < -0.39 is 17.2 Å². The fraction of sp³-hybridized carbons (Fsp3) is 0.571. The van der Waals surface area contributed by atoms with E-state index in [9.17, 15) is 13.9 Å². The Hall–Kier alpha value is -1.20. The Bertz CT molecular complexity index is 441. The van der Waals surface area contributed by atoms with Crippen molar-refractivity contribution in [3.8, 4) is 5.75 Å². The lowest BCUT2D eigenvalue weighted by Gasteiger charge is -2.29. The van der Waals surface area contributed by atoms with E-state index in [0.29, 0.717) is 6.42 Å². The minimum atomic E-state index is -0.963. The Balaban J connectivity index is 1.88. The van der Waals surface area contributed by atoms with E-state index in [1.165, 1.54) is 12.1 Å². The summed E-state index contributed by atoms with van der Waals surface area (Å²) in [5, 5.41) is 9.32. The number of hydrogen-bond acceptors (Lipinski definition) is 3. The number of nitrogens with two attached hydrogens (primary N) is 1. The van der Waals surface area contributed by atoms with Crippen LogP contribution in [0.25, 0.3) is 0 Å². The summed E-state index contributed by atoms with van der Waals surface area (Å²) in [4.78, 5) is 0. The Morgan fingerprint density at radius 2 is 2.21 bits per heavy atom. The van der Waals surface area contributed by atoms with Gasteiger partial charge in [-0.25, -0.2) is 4.39 Å². The number of ether oxygens (including phenoxy) is 1. The summed E-state index contributed by atoms with van der Waals surface area (Å²) in [6.45, 7) is 0.218. The maximum Gasteiger partial charge on any atom is 0.200 e. The van der Waals surface area contributed by atoms with Gasteiger partial charge in [-0.05, 0) is 37.3 Å². The highest BCUT2D eigenvalue weighted by Gasteiger charge is 2.38. The van der Waals surface area contributed by atoms with Gasteiger partial charge >= 0.3 is 0 Å². The summed E-state index contributed by atoms with van der Waals surface area (Å²) in [5.41, 5.74) is 5.54. The molecule has 1 saturated carbocycles. The third-order valence-electron chi connectivity index (χ3n) is 3.94. The minimum Gasteiger partial charge on any atom is -0.490 e. The van der Waals surface area contributed by atoms with Gasteiger partial charge in [0.05, 0.1) is 13.2 Å². The van der Waals surface area contributed by atoms with Gasteiger partial charge in [0.15, 0.2) is 11.6 Å². The van der Waals surface area contributed by atoms with Gasteiger partial charge in [0.25, 0.3) is 0 Å². The molecule has 0 aromatic heterocycles. The first kappa shape index (κ1) is 14.2.